The van der Waals surface area contributed by atoms with E-state index in [1.807, 2.05) is 57.6 Å². The molecule has 0 saturated heterocycles. The summed E-state index contributed by atoms with van der Waals surface area (Å²) in [7, 11) is 1.93. The zero-order chi connectivity index (χ0) is 26.5. The van der Waals surface area contributed by atoms with E-state index in [9.17, 15) is 9.59 Å². The number of rotatable bonds is 10. The lowest BCUT2D eigenvalue weighted by Gasteiger charge is -2.12. The number of benzene rings is 1. The topological polar surface area (TPSA) is 117 Å². The van der Waals surface area contributed by atoms with E-state index in [2.05, 4.69) is 38.2 Å². The minimum Gasteiger partial charge on any atom is -0.348 e. The largest absolute Gasteiger partial charge is 0.348 e. The first kappa shape index (κ1) is 26.2. The van der Waals surface area contributed by atoms with E-state index in [1.54, 1.807) is 12.3 Å². The predicted octanol–water partition coefficient (Wildman–Crippen LogP) is 3.22. The fourth-order valence-electron chi connectivity index (χ4n) is 4.34. The molecule has 0 aliphatic heterocycles. The average Bonchev–Trinajstić information content (AvgIpc) is 3.30. The summed E-state index contributed by atoms with van der Waals surface area (Å²) in [5.74, 6) is -0.276. The Balaban J connectivity index is 1.65. The number of likely N-dealkylation sites (N-methyl/N-ethyl adjacent to an activating group) is 1. The number of carbonyl (C=O) groups is 1. The van der Waals surface area contributed by atoms with Gasteiger partial charge in [-0.2, -0.15) is 5.10 Å². The molecule has 0 aliphatic carbocycles. The van der Waals surface area contributed by atoms with E-state index >= 15 is 0 Å². The third-order valence-electron chi connectivity index (χ3n) is 6.35. The van der Waals surface area contributed by atoms with Crippen LogP contribution in [-0.4, -0.2) is 45.8 Å². The number of amides is 1. The van der Waals surface area contributed by atoms with Crippen LogP contribution in [0.2, 0.25) is 0 Å². The van der Waals surface area contributed by atoms with Crippen LogP contribution in [0.4, 0.5) is 0 Å². The zero-order valence-electron chi connectivity index (χ0n) is 22.1. The van der Waals surface area contributed by atoms with Gasteiger partial charge in [-0.3, -0.25) is 9.59 Å². The van der Waals surface area contributed by atoms with Crippen LogP contribution < -0.4 is 21.5 Å². The van der Waals surface area contributed by atoms with Crippen LogP contribution in [0.1, 0.15) is 52.6 Å². The molecule has 3 aromatic heterocycles. The number of nitrogens with one attached hydrogen (secondary N) is 4. The molecule has 4 aromatic rings. The Hall–Kier alpha value is -3.82. The lowest BCUT2D eigenvalue weighted by Crippen LogP contribution is -2.28. The van der Waals surface area contributed by atoms with Gasteiger partial charge >= 0.3 is 0 Å². The molecule has 1 amide bonds. The highest BCUT2D eigenvalue weighted by atomic mass is 16.1. The number of aromatic nitrogens is 4. The minimum absolute atomic E-state index is 0.0796. The molecule has 194 valence electrons. The van der Waals surface area contributed by atoms with Crippen molar-refractivity contribution in [2.24, 2.45) is 0 Å². The first-order valence-corrected chi connectivity index (χ1v) is 12.6. The van der Waals surface area contributed by atoms with Crippen molar-refractivity contribution in [3.63, 3.8) is 0 Å². The van der Waals surface area contributed by atoms with Gasteiger partial charge in [-0.25, -0.2) is 9.67 Å². The minimum atomic E-state index is -0.276. The summed E-state index contributed by atoms with van der Waals surface area (Å²) in [5, 5.41) is 14.6. The lowest BCUT2D eigenvalue weighted by molar-refractivity contribution is 0.0952. The van der Waals surface area contributed by atoms with Crippen LogP contribution in [0, 0.1) is 13.8 Å². The van der Waals surface area contributed by atoms with Crippen LogP contribution in [0.25, 0.3) is 22.3 Å². The summed E-state index contributed by atoms with van der Waals surface area (Å²) >= 11 is 0. The number of aryl methyl sites for hydroxylation is 2. The van der Waals surface area contributed by atoms with Crippen LogP contribution in [0.15, 0.2) is 47.4 Å². The summed E-state index contributed by atoms with van der Waals surface area (Å²) < 4.78 is 1.82. The van der Waals surface area contributed by atoms with Gasteiger partial charge in [-0.05, 0) is 58.0 Å². The van der Waals surface area contributed by atoms with Crippen molar-refractivity contribution in [2.45, 2.75) is 46.8 Å². The third kappa shape index (κ3) is 5.95. The van der Waals surface area contributed by atoms with Crippen LogP contribution >= 0.6 is 0 Å². The molecular formula is C28H35N7O2. The predicted molar refractivity (Wildman–Crippen MR) is 147 cm³/mol. The van der Waals surface area contributed by atoms with Gasteiger partial charge in [-0.1, -0.05) is 24.3 Å². The maximum atomic E-state index is 13.4. The van der Waals surface area contributed by atoms with E-state index in [4.69, 9.17) is 4.98 Å². The Morgan fingerprint density at radius 2 is 1.84 bits per heavy atom. The average molecular weight is 502 g/mol. The molecule has 9 heteroatoms. The zero-order valence-corrected chi connectivity index (χ0v) is 22.1. The first-order chi connectivity index (χ1) is 17.8. The third-order valence-corrected chi connectivity index (χ3v) is 6.35. The number of fused-ring (bicyclic) bond motifs is 1. The number of hydrogen-bond acceptors (Lipinski definition) is 6. The Kier molecular flexibility index (Phi) is 8.15. The normalized spacial score (nSPS) is 11.4. The number of nitrogens with zero attached hydrogens (tertiary/aromatic N) is 3. The molecule has 0 spiro atoms. The fraction of sp³-hybridized carbons (Fsp3) is 0.357. The lowest BCUT2D eigenvalue weighted by atomic mass is 10.0. The molecule has 37 heavy (non-hydrogen) atoms. The van der Waals surface area contributed by atoms with Crippen molar-refractivity contribution >= 4 is 16.9 Å². The number of H-pyrrole nitrogens is 1. The van der Waals surface area contributed by atoms with Crippen molar-refractivity contribution in [2.75, 3.05) is 20.1 Å². The van der Waals surface area contributed by atoms with Crippen LogP contribution in [-0.2, 0) is 13.1 Å². The number of pyridine rings is 2. The maximum Gasteiger partial charge on any atom is 0.253 e. The SMILES string of the molecule is CNCCNCc1ccc(-c2cc(C(=O)NCc3c(C)cc(C)[nH]c3=O)c3cnn(C(C)C)c3n2)cc1. The number of carbonyl (C=O) groups excluding carboxylic acids is 1. The van der Waals surface area contributed by atoms with Gasteiger partial charge in [0, 0.05) is 49.0 Å². The van der Waals surface area contributed by atoms with Gasteiger partial charge in [0.1, 0.15) is 0 Å². The Bertz CT molecular complexity index is 1450. The van der Waals surface area contributed by atoms with Crippen LogP contribution in [0.3, 0.4) is 0 Å². The molecule has 0 saturated carbocycles. The van der Waals surface area contributed by atoms with Gasteiger partial charge in [0.25, 0.3) is 11.5 Å². The first-order valence-electron chi connectivity index (χ1n) is 12.6. The Morgan fingerprint density at radius 1 is 1.08 bits per heavy atom. The second-order valence-electron chi connectivity index (χ2n) is 9.58. The highest BCUT2D eigenvalue weighted by Gasteiger charge is 2.19. The summed E-state index contributed by atoms with van der Waals surface area (Å²) in [6.07, 6.45) is 1.69. The van der Waals surface area contributed by atoms with Crippen molar-refractivity contribution < 1.29 is 4.79 Å². The fourth-order valence-corrected chi connectivity index (χ4v) is 4.34. The molecule has 3 heterocycles. The smallest absolute Gasteiger partial charge is 0.253 e. The molecule has 4 N–H and O–H groups in total. The van der Waals surface area contributed by atoms with Crippen molar-refractivity contribution in [3.8, 4) is 11.3 Å². The molecule has 0 radical (unpaired) electrons. The molecule has 0 bridgehead atoms. The molecule has 0 atom stereocenters. The van der Waals surface area contributed by atoms with Gasteiger partial charge in [0.05, 0.1) is 22.8 Å². The standard InChI is InChI=1S/C28H35N7O2/c1-17(2)35-26-24(16-32-35)22(27(36)31-15-23-18(3)12-19(4)33-28(23)37)13-25(34-26)21-8-6-20(7-9-21)14-30-11-10-29-5/h6-9,12-13,16-17,29-30H,10-11,14-15H2,1-5H3,(H,31,36)(H,33,37). The van der Waals surface area contributed by atoms with Gasteiger partial charge < -0.3 is 20.9 Å². The van der Waals surface area contributed by atoms with Crippen molar-refractivity contribution in [1.82, 2.24) is 35.7 Å². The summed E-state index contributed by atoms with van der Waals surface area (Å²) in [4.78, 5) is 33.5. The summed E-state index contributed by atoms with van der Waals surface area (Å²) in [6, 6.07) is 12.0. The summed E-state index contributed by atoms with van der Waals surface area (Å²) in [5.41, 5.74) is 5.90. The quantitative estimate of drug-likeness (QED) is 0.248. The van der Waals surface area contributed by atoms with Gasteiger partial charge in [0.2, 0.25) is 0 Å². The van der Waals surface area contributed by atoms with Crippen molar-refractivity contribution in [1.29, 1.82) is 0 Å². The number of hydrogen-bond donors (Lipinski definition) is 4. The van der Waals surface area contributed by atoms with E-state index in [1.165, 1.54) is 5.56 Å². The molecular weight excluding hydrogens is 466 g/mol. The van der Waals surface area contributed by atoms with E-state index in [0.29, 0.717) is 27.9 Å². The maximum absolute atomic E-state index is 13.4. The second-order valence-corrected chi connectivity index (χ2v) is 9.58. The van der Waals surface area contributed by atoms with Gasteiger partial charge in [0.15, 0.2) is 5.65 Å². The molecule has 0 aliphatic rings. The molecule has 0 unspecified atom stereocenters. The highest BCUT2D eigenvalue weighted by Crippen LogP contribution is 2.27. The molecule has 4 rings (SSSR count). The van der Waals surface area contributed by atoms with E-state index < -0.39 is 0 Å². The second kappa shape index (κ2) is 11.5. The Morgan fingerprint density at radius 3 is 2.51 bits per heavy atom. The number of aromatic amines is 1. The van der Waals surface area contributed by atoms with Crippen molar-refractivity contribution in [3.05, 3.63) is 80.9 Å². The van der Waals surface area contributed by atoms with Crippen LogP contribution in [0.5, 0.6) is 0 Å². The molecule has 1 aromatic carbocycles. The van der Waals surface area contributed by atoms with E-state index in [-0.39, 0.29) is 24.1 Å². The molecule has 0 fully saturated rings. The van der Waals surface area contributed by atoms with E-state index in [0.717, 1.165) is 36.5 Å². The highest BCUT2D eigenvalue weighted by molar-refractivity contribution is 6.06. The Labute approximate surface area is 216 Å². The van der Waals surface area contributed by atoms with Gasteiger partial charge in [-0.15, -0.1) is 0 Å². The summed E-state index contributed by atoms with van der Waals surface area (Å²) in [6.45, 7) is 10.5. The molecule has 9 nitrogen and oxygen atoms in total. The monoisotopic (exact) mass is 501 g/mol.